The Morgan fingerprint density at radius 3 is 3.00 bits per heavy atom. The van der Waals surface area contributed by atoms with Crippen molar-refractivity contribution >= 4 is 22.8 Å². The van der Waals surface area contributed by atoms with E-state index >= 15 is 0 Å². The third kappa shape index (κ3) is 3.41. The van der Waals surface area contributed by atoms with Gasteiger partial charge < -0.3 is 10.1 Å². The lowest BCUT2D eigenvalue weighted by Crippen LogP contribution is -2.08. The summed E-state index contributed by atoms with van der Waals surface area (Å²) in [5.74, 6) is 0.171. The summed E-state index contributed by atoms with van der Waals surface area (Å²) < 4.78 is 5.44. The number of hydrogen-bond donors (Lipinski definition) is 1. The van der Waals surface area contributed by atoms with Gasteiger partial charge in [-0.25, -0.2) is 4.98 Å². The Bertz CT molecular complexity index is 574. The van der Waals surface area contributed by atoms with Crippen LogP contribution in [0.1, 0.15) is 18.2 Å². The second kappa shape index (κ2) is 6.80. The first-order valence-corrected chi connectivity index (χ1v) is 6.98. The van der Waals surface area contributed by atoms with E-state index in [9.17, 15) is 10.1 Å². The van der Waals surface area contributed by atoms with Gasteiger partial charge in [-0.1, -0.05) is 13.0 Å². The lowest BCUT2D eigenvalue weighted by atomic mass is 10.4. The summed E-state index contributed by atoms with van der Waals surface area (Å²) in [6.07, 6.45) is 2.10. The van der Waals surface area contributed by atoms with Crippen molar-refractivity contribution in [3.05, 3.63) is 38.8 Å². The summed E-state index contributed by atoms with van der Waals surface area (Å²) in [6.45, 7) is 2.82. The predicted molar refractivity (Wildman–Crippen MR) is 76.1 cm³/mol. The molecule has 0 unspecified atom stereocenters. The van der Waals surface area contributed by atoms with Gasteiger partial charge in [-0.15, -0.1) is 11.3 Å². The molecule has 0 saturated heterocycles. The molecule has 2 heterocycles. The van der Waals surface area contributed by atoms with Gasteiger partial charge in [0.25, 0.3) is 5.88 Å². The molecule has 1 N–H and O–H groups in total. The number of nitro groups is 1. The van der Waals surface area contributed by atoms with E-state index in [1.165, 1.54) is 17.7 Å². The minimum Gasteiger partial charge on any atom is -0.467 e. The van der Waals surface area contributed by atoms with Gasteiger partial charge in [-0.05, 0) is 17.9 Å². The highest BCUT2D eigenvalue weighted by atomic mass is 32.1. The minimum atomic E-state index is -0.526. The number of rotatable bonds is 7. The van der Waals surface area contributed by atoms with Crippen LogP contribution in [0.2, 0.25) is 0 Å². The van der Waals surface area contributed by atoms with Gasteiger partial charge in [0.05, 0.1) is 4.92 Å². The minimum absolute atomic E-state index is 0.0167. The molecule has 7 nitrogen and oxygen atoms in total. The lowest BCUT2D eigenvalue weighted by molar-refractivity contribution is -0.385. The van der Waals surface area contributed by atoms with Crippen molar-refractivity contribution in [3.63, 3.8) is 0 Å². The maximum Gasteiger partial charge on any atom is 0.372 e. The molecule has 20 heavy (non-hydrogen) atoms. The number of aromatic nitrogens is 2. The highest BCUT2D eigenvalue weighted by Gasteiger charge is 2.24. The maximum absolute atomic E-state index is 11.2. The molecular weight excluding hydrogens is 280 g/mol. The molecule has 0 bridgehead atoms. The van der Waals surface area contributed by atoms with Gasteiger partial charge in [0.1, 0.15) is 12.9 Å². The maximum atomic E-state index is 11.2. The van der Waals surface area contributed by atoms with Crippen LogP contribution in [0.4, 0.5) is 11.5 Å². The fourth-order valence-corrected chi connectivity index (χ4v) is 2.16. The molecular formula is C12H14N4O3S. The van der Waals surface area contributed by atoms with Crippen LogP contribution < -0.4 is 10.1 Å². The lowest BCUT2D eigenvalue weighted by Gasteiger charge is -2.08. The summed E-state index contributed by atoms with van der Waals surface area (Å²) in [5.41, 5.74) is -0.225. The van der Waals surface area contributed by atoms with Crippen LogP contribution in [-0.2, 0) is 6.61 Å². The van der Waals surface area contributed by atoms with Gasteiger partial charge in [-0.2, -0.15) is 4.98 Å². The van der Waals surface area contributed by atoms with Crippen LogP contribution in [0, 0.1) is 10.1 Å². The molecule has 0 amide bonds. The van der Waals surface area contributed by atoms with Gasteiger partial charge in [0, 0.05) is 11.4 Å². The molecule has 0 atom stereocenters. The zero-order valence-electron chi connectivity index (χ0n) is 10.9. The van der Waals surface area contributed by atoms with E-state index in [-0.39, 0.29) is 24.0 Å². The Kier molecular flexibility index (Phi) is 4.83. The van der Waals surface area contributed by atoms with Crippen molar-refractivity contribution in [1.29, 1.82) is 0 Å². The number of nitrogens with zero attached hydrogens (tertiary/aromatic N) is 3. The summed E-state index contributed by atoms with van der Waals surface area (Å²) in [6, 6.07) is 3.79. The van der Waals surface area contributed by atoms with Crippen molar-refractivity contribution in [3.8, 4) is 5.88 Å². The Labute approximate surface area is 119 Å². The van der Waals surface area contributed by atoms with E-state index in [1.807, 2.05) is 24.4 Å². The van der Waals surface area contributed by atoms with Crippen LogP contribution in [0.25, 0.3) is 0 Å². The van der Waals surface area contributed by atoms with E-state index in [1.54, 1.807) is 0 Å². The SMILES string of the molecule is CCCNc1ncnc(OCc2cccs2)c1[N+](=O)[O-]. The zero-order chi connectivity index (χ0) is 14.4. The highest BCUT2D eigenvalue weighted by molar-refractivity contribution is 7.09. The molecule has 0 aliphatic carbocycles. The second-order valence-corrected chi connectivity index (χ2v) is 4.96. The normalized spacial score (nSPS) is 10.2. The fraction of sp³-hybridized carbons (Fsp3) is 0.333. The number of nitrogens with one attached hydrogen (secondary N) is 1. The number of anilines is 1. The first-order valence-electron chi connectivity index (χ1n) is 6.10. The number of hydrogen-bond acceptors (Lipinski definition) is 7. The fourth-order valence-electron chi connectivity index (χ4n) is 1.54. The van der Waals surface area contributed by atoms with Crippen LogP contribution in [0.3, 0.4) is 0 Å². The van der Waals surface area contributed by atoms with E-state index in [2.05, 4.69) is 15.3 Å². The largest absolute Gasteiger partial charge is 0.467 e. The molecule has 2 rings (SSSR count). The molecule has 8 heteroatoms. The zero-order valence-corrected chi connectivity index (χ0v) is 11.7. The van der Waals surface area contributed by atoms with Crippen LogP contribution in [0.5, 0.6) is 5.88 Å². The third-order valence-electron chi connectivity index (χ3n) is 2.44. The molecule has 0 spiro atoms. The molecule has 2 aromatic heterocycles. The first-order chi connectivity index (χ1) is 9.72. The van der Waals surface area contributed by atoms with Crippen LogP contribution in [-0.4, -0.2) is 21.4 Å². The summed E-state index contributed by atoms with van der Waals surface area (Å²) in [5, 5.41) is 16.0. The van der Waals surface area contributed by atoms with Crippen molar-refractivity contribution < 1.29 is 9.66 Å². The average molecular weight is 294 g/mol. The monoisotopic (exact) mass is 294 g/mol. The highest BCUT2D eigenvalue weighted by Crippen LogP contribution is 2.31. The van der Waals surface area contributed by atoms with E-state index in [0.29, 0.717) is 6.54 Å². The van der Waals surface area contributed by atoms with Gasteiger partial charge >= 0.3 is 5.69 Å². The second-order valence-electron chi connectivity index (χ2n) is 3.93. The summed E-state index contributed by atoms with van der Waals surface area (Å²) in [4.78, 5) is 19.4. The van der Waals surface area contributed by atoms with Crippen LogP contribution in [0.15, 0.2) is 23.8 Å². The summed E-state index contributed by atoms with van der Waals surface area (Å²) in [7, 11) is 0. The van der Waals surface area contributed by atoms with E-state index < -0.39 is 4.92 Å². The first kappa shape index (κ1) is 14.2. The third-order valence-corrected chi connectivity index (χ3v) is 3.29. The Morgan fingerprint density at radius 2 is 2.35 bits per heavy atom. The Morgan fingerprint density at radius 1 is 1.50 bits per heavy atom. The quantitative estimate of drug-likeness (QED) is 0.623. The molecule has 0 fully saturated rings. The number of thiophene rings is 1. The molecule has 0 aromatic carbocycles. The van der Waals surface area contributed by atoms with E-state index in [4.69, 9.17) is 4.74 Å². The molecule has 0 radical (unpaired) electrons. The molecule has 2 aromatic rings. The molecule has 0 aliphatic rings. The predicted octanol–water partition coefficient (Wildman–Crippen LogP) is 2.85. The van der Waals surface area contributed by atoms with Crippen molar-refractivity contribution in [2.75, 3.05) is 11.9 Å². The summed E-state index contributed by atoms with van der Waals surface area (Å²) >= 11 is 1.52. The Hall–Kier alpha value is -2.22. The molecule has 0 saturated carbocycles. The number of ether oxygens (including phenoxy) is 1. The topological polar surface area (TPSA) is 90.2 Å². The van der Waals surface area contributed by atoms with Crippen molar-refractivity contribution in [2.24, 2.45) is 0 Å². The van der Waals surface area contributed by atoms with E-state index in [0.717, 1.165) is 11.3 Å². The van der Waals surface area contributed by atoms with Gasteiger partial charge in [-0.3, -0.25) is 10.1 Å². The van der Waals surface area contributed by atoms with Crippen molar-refractivity contribution in [2.45, 2.75) is 20.0 Å². The van der Waals surface area contributed by atoms with Crippen molar-refractivity contribution in [1.82, 2.24) is 9.97 Å². The van der Waals surface area contributed by atoms with Gasteiger partial charge in [0.2, 0.25) is 5.82 Å². The average Bonchev–Trinajstić information content (AvgIpc) is 2.95. The Balaban J connectivity index is 2.20. The molecule has 0 aliphatic heterocycles. The molecule has 106 valence electrons. The van der Waals surface area contributed by atoms with Gasteiger partial charge in [0.15, 0.2) is 0 Å². The van der Waals surface area contributed by atoms with Crippen LogP contribution >= 0.6 is 11.3 Å². The smallest absolute Gasteiger partial charge is 0.372 e. The standard InChI is InChI=1S/C12H14N4O3S/c1-2-5-13-11-10(16(17)18)12(15-8-14-11)19-7-9-4-3-6-20-9/h3-4,6,8H,2,5,7H2,1H3,(H,13,14,15).